The third-order valence-corrected chi connectivity index (χ3v) is 2.89. The summed E-state index contributed by atoms with van der Waals surface area (Å²) in [6, 6.07) is 11.7. The molecule has 0 unspecified atom stereocenters. The number of rotatable bonds is 3. The molecule has 1 aromatic heterocycles. The number of benzene rings is 1. The van der Waals surface area contributed by atoms with Gasteiger partial charge in [-0.3, -0.25) is 0 Å². The quantitative estimate of drug-likeness (QED) is 0.837. The van der Waals surface area contributed by atoms with Crippen molar-refractivity contribution in [3.8, 4) is 0 Å². The summed E-state index contributed by atoms with van der Waals surface area (Å²) in [5, 5.41) is 3.73. The second-order valence-corrected chi connectivity index (χ2v) is 4.59. The van der Waals surface area contributed by atoms with E-state index in [-0.39, 0.29) is 0 Å². The molecule has 0 bridgehead atoms. The van der Waals surface area contributed by atoms with Crippen LogP contribution in [0.5, 0.6) is 0 Å². The standard InChI is InChI=1S/C13H12ClN3/c14-11-8-12(15-10-4-2-1-3-5-10)17-13(16-11)9-6-7-9/h1-5,8-9H,6-7H2,(H,15,16,17). The van der Waals surface area contributed by atoms with Gasteiger partial charge in [0.1, 0.15) is 16.8 Å². The van der Waals surface area contributed by atoms with E-state index in [2.05, 4.69) is 15.3 Å². The minimum absolute atomic E-state index is 0.500. The van der Waals surface area contributed by atoms with Gasteiger partial charge in [0, 0.05) is 17.7 Å². The number of anilines is 2. The first-order valence-corrected chi connectivity index (χ1v) is 6.05. The number of halogens is 1. The third-order valence-electron chi connectivity index (χ3n) is 2.70. The van der Waals surface area contributed by atoms with Crippen molar-refractivity contribution in [1.82, 2.24) is 9.97 Å². The van der Waals surface area contributed by atoms with Crippen molar-refractivity contribution in [2.75, 3.05) is 5.32 Å². The van der Waals surface area contributed by atoms with E-state index in [1.807, 2.05) is 30.3 Å². The Hall–Kier alpha value is -1.61. The molecule has 0 aliphatic heterocycles. The zero-order valence-electron chi connectivity index (χ0n) is 9.23. The van der Waals surface area contributed by atoms with Crippen LogP contribution in [-0.4, -0.2) is 9.97 Å². The molecule has 0 spiro atoms. The van der Waals surface area contributed by atoms with Crippen molar-refractivity contribution in [3.63, 3.8) is 0 Å². The fraction of sp³-hybridized carbons (Fsp3) is 0.231. The minimum atomic E-state index is 0.500. The van der Waals surface area contributed by atoms with Crippen LogP contribution in [0.3, 0.4) is 0 Å². The van der Waals surface area contributed by atoms with E-state index in [1.165, 1.54) is 12.8 Å². The third kappa shape index (κ3) is 2.56. The van der Waals surface area contributed by atoms with Crippen molar-refractivity contribution in [2.45, 2.75) is 18.8 Å². The number of nitrogens with zero attached hydrogens (tertiary/aromatic N) is 2. The number of hydrogen-bond donors (Lipinski definition) is 1. The van der Waals surface area contributed by atoms with Crippen LogP contribution in [0.1, 0.15) is 24.6 Å². The zero-order chi connectivity index (χ0) is 11.7. The Bertz CT molecular complexity index is 523. The summed E-state index contributed by atoms with van der Waals surface area (Å²) in [5.74, 6) is 2.12. The van der Waals surface area contributed by atoms with Crippen LogP contribution in [0.25, 0.3) is 0 Å². The lowest BCUT2D eigenvalue weighted by Crippen LogP contribution is -1.99. The van der Waals surface area contributed by atoms with E-state index in [0.717, 1.165) is 17.3 Å². The second-order valence-electron chi connectivity index (χ2n) is 4.20. The van der Waals surface area contributed by atoms with Crippen molar-refractivity contribution >= 4 is 23.1 Å². The maximum Gasteiger partial charge on any atom is 0.135 e. The van der Waals surface area contributed by atoms with E-state index >= 15 is 0 Å². The van der Waals surface area contributed by atoms with Crippen molar-refractivity contribution < 1.29 is 0 Å². The Morgan fingerprint density at radius 2 is 1.88 bits per heavy atom. The highest BCUT2D eigenvalue weighted by atomic mass is 35.5. The summed E-state index contributed by atoms with van der Waals surface area (Å²) in [4.78, 5) is 8.74. The predicted octanol–water partition coefficient (Wildman–Crippen LogP) is 3.75. The first-order chi connectivity index (χ1) is 8.31. The summed E-state index contributed by atoms with van der Waals surface area (Å²) < 4.78 is 0. The molecule has 1 aliphatic carbocycles. The molecule has 1 heterocycles. The minimum Gasteiger partial charge on any atom is -0.340 e. The van der Waals surface area contributed by atoms with Gasteiger partial charge >= 0.3 is 0 Å². The summed E-state index contributed by atoms with van der Waals surface area (Å²) >= 11 is 6.00. The molecule has 1 aromatic carbocycles. The van der Waals surface area contributed by atoms with Gasteiger partial charge < -0.3 is 5.32 Å². The summed E-state index contributed by atoms with van der Waals surface area (Å²) in [7, 11) is 0. The molecule has 2 aromatic rings. The first kappa shape index (κ1) is 10.5. The van der Waals surface area contributed by atoms with Gasteiger partial charge in [0.15, 0.2) is 0 Å². The molecule has 17 heavy (non-hydrogen) atoms. The normalized spacial score (nSPS) is 14.6. The molecular weight excluding hydrogens is 234 g/mol. The molecule has 1 saturated carbocycles. The van der Waals surface area contributed by atoms with Gasteiger partial charge in [-0.05, 0) is 25.0 Å². The Labute approximate surface area is 105 Å². The van der Waals surface area contributed by atoms with E-state index in [0.29, 0.717) is 11.1 Å². The smallest absolute Gasteiger partial charge is 0.135 e. The summed E-state index contributed by atoms with van der Waals surface area (Å²) in [6.07, 6.45) is 2.34. The Morgan fingerprint density at radius 1 is 1.12 bits per heavy atom. The average molecular weight is 246 g/mol. The summed E-state index contributed by atoms with van der Waals surface area (Å²) in [6.45, 7) is 0. The monoisotopic (exact) mass is 245 g/mol. The van der Waals surface area contributed by atoms with Crippen LogP contribution < -0.4 is 5.32 Å². The molecule has 0 radical (unpaired) electrons. The molecule has 0 amide bonds. The number of hydrogen-bond acceptors (Lipinski definition) is 3. The van der Waals surface area contributed by atoms with Crippen LogP contribution in [0.15, 0.2) is 36.4 Å². The van der Waals surface area contributed by atoms with Crippen molar-refractivity contribution in [3.05, 3.63) is 47.4 Å². The lowest BCUT2D eigenvalue weighted by molar-refractivity contribution is 0.931. The van der Waals surface area contributed by atoms with Crippen molar-refractivity contribution in [2.24, 2.45) is 0 Å². The molecule has 86 valence electrons. The Morgan fingerprint density at radius 3 is 2.59 bits per heavy atom. The van der Waals surface area contributed by atoms with Gasteiger partial charge in [0.2, 0.25) is 0 Å². The lowest BCUT2D eigenvalue weighted by Gasteiger charge is -2.07. The van der Waals surface area contributed by atoms with Gasteiger partial charge in [-0.2, -0.15) is 0 Å². The van der Waals surface area contributed by atoms with E-state index in [4.69, 9.17) is 11.6 Å². The van der Waals surface area contributed by atoms with Crippen LogP contribution in [0, 0.1) is 0 Å². The molecule has 1 fully saturated rings. The SMILES string of the molecule is Clc1cc(Nc2ccccc2)nc(C2CC2)n1. The average Bonchev–Trinajstić information content (AvgIpc) is 3.13. The molecule has 4 heteroatoms. The largest absolute Gasteiger partial charge is 0.340 e. The molecule has 3 rings (SSSR count). The molecule has 1 aliphatic rings. The van der Waals surface area contributed by atoms with Gasteiger partial charge in [-0.1, -0.05) is 29.8 Å². The van der Waals surface area contributed by atoms with Gasteiger partial charge in [-0.25, -0.2) is 9.97 Å². The van der Waals surface area contributed by atoms with Crippen LogP contribution in [0.4, 0.5) is 11.5 Å². The maximum atomic E-state index is 6.00. The summed E-state index contributed by atoms with van der Waals surface area (Å²) in [5.41, 5.74) is 1.00. The fourth-order valence-corrected chi connectivity index (χ4v) is 1.88. The highest BCUT2D eigenvalue weighted by Gasteiger charge is 2.27. The number of aromatic nitrogens is 2. The van der Waals surface area contributed by atoms with Gasteiger partial charge in [0.05, 0.1) is 0 Å². The van der Waals surface area contributed by atoms with Gasteiger partial charge in [-0.15, -0.1) is 0 Å². The number of para-hydroxylation sites is 1. The fourth-order valence-electron chi connectivity index (χ4n) is 1.69. The van der Waals surface area contributed by atoms with Crippen molar-refractivity contribution in [1.29, 1.82) is 0 Å². The topological polar surface area (TPSA) is 37.8 Å². The molecule has 1 N–H and O–H groups in total. The van der Waals surface area contributed by atoms with Gasteiger partial charge in [0.25, 0.3) is 0 Å². The molecule has 0 atom stereocenters. The zero-order valence-corrected chi connectivity index (χ0v) is 9.98. The number of nitrogens with one attached hydrogen (secondary N) is 1. The van der Waals surface area contributed by atoms with Crippen LogP contribution >= 0.6 is 11.6 Å². The predicted molar refractivity (Wildman–Crippen MR) is 68.7 cm³/mol. The van der Waals surface area contributed by atoms with E-state index in [1.54, 1.807) is 6.07 Å². The van der Waals surface area contributed by atoms with Crippen LogP contribution in [-0.2, 0) is 0 Å². The highest BCUT2D eigenvalue weighted by Crippen LogP contribution is 2.38. The molecule has 3 nitrogen and oxygen atoms in total. The molecule has 0 saturated heterocycles. The van der Waals surface area contributed by atoms with Crippen LogP contribution in [0.2, 0.25) is 5.15 Å². The Balaban J connectivity index is 1.87. The van der Waals surface area contributed by atoms with E-state index < -0.39 is 0 Å². The lowest BCUT2D eigenvalue weighted by atomic mass is 10.3. The first-order valence-electron chi connectivity index (χ1n) is 5.68. The maximum absolute atomic E-state index is 6.00. The Kier molecular flexibility index (Phi) is 2.69. The van der Waals surface area contributed by atoms with E-state index in [9.17, 15) is 0 Å². The molecular formula is C13H12ClN3. The second kappa shape index (κ2) is 4.34. The highest BCUT2D eigenvalue weighted by molar-refractivity contribution is 6.29.